The van der Waals surface area contributed by atoms with Gasteiger partial charge in [0.05, 0.1) is 17.4 Å². The molecule has 96 valence electrons. The molecule has 1 saturated heterocycles. The minimum Gasteiger partial charge on any atom is -0.326 e. The molecule has 0 aromatic heterocycles. The summed E-state index contributed by atoms with van der Waals surface area (Å²) < 4.78 is 22.5. The Morgan fingerprint density at radius 3 is 2.44 bits per heavy atom. The molecule has 1 fully saturated rings. The average Bonchev–Trinajstić information content (AvgIpc) is 2.71. The van der Waals surface area contributed by atoms with Crippen molar-refractivity contribution < 1.29 is 18.0 Å². The van der Waals surface area contributed by atoms with Crippen LogP contribution in [0.4, 0.5) is 5.69 Å². The van der Waals surface area contributed by atoms with E-state index < -0.39 is 15.8 Å². The van der Waals surface area contributed by atoms with Gasteiger partial charge in [0.2, 0.25) is 5.91 Å². The number of carbonyl (C=O) groups is 2. The Morgan fingerprint density at radius 2 is 1.94 bits per heavy atom. The number of nitrogens with one attached hydrogen (secondary N) is 1. The van der Waals surface area contributed by atoms with Crippen LogP contribution in [0, 0.1) is 5.92 Å². The molecule has 1 unspecified atom stereocenters. The number of aldehydes is 1. The molecule has 1 aliphatic rings. The lowest BCUT2D eigenvalue weighted by Gasteiger charge is -2.09. The smallest absolute Gasteiger partial charge is 0.228 e. The van der Waals surface area contributed by atoms with E-state index in [1.165, 1.54) is 0 Å². The lowest BCUT2D eigenvalue weighted by atomic mass is 10.1. The summed E-state index contributed by atoms with van der Waals surface area (Å²) in [6.07, 6.45) is 1.09. The molecule has 1 atom stereocenters. The standard InChI is InChI=1S/C12H13NO4S/c14-7-9-1-3-11(4-2-9)13-12(15)10-5-6-18(16,17)8-10/h1-4,7,10H,5-6,8H2,(H,13,15). The second-order valence-electron chi connectivity index (χ2n) is 4.33. The van der Waals surface area contributed by atoms with Gasteiger partial charge in [-0.25, -0.2) is 8.42 Å². The van der Waals surface area contributed by atoms with Gasteiger partial charge < -0.3 is 5.32 Å². The fourth-order valence-corrected chi connectivity index (χ4v) is 3.63. The van der Waals surface area contributed by atoms with E-state index in [0.717, 1.165) is 6.29 Å². The summed E-state index contributed by atoms with van der Waals surface area (Å²) in [4.78, 5) is 22.3. The summed E-state index contributed by atoms with van der Waals surface area (Å²) in [5.74, 6) is -0.754. The van der Waals surface area contributed by atoms with Crippen LogP contribution in [0.2, 0.25) is 0 Å². The maximum Gasteiger partial charge on any atom is 0.228 e. The highest BCUT2D eigenvalue weighted by Gasteiger charge is 2.32. The Bertz CT molecular complexity index is 562. The SMILES string of the molecule is O=Cc1ccc(NC(=O)C2CCS(=O)(=O)C2)cc1. The summed E-state index contributed by atoms with van der Waals surface area (Å²) in [6, 6.07) is 6.41. The van der Waals surface area contributed by atoms with E-state index in [1.807, 2.05) is 0 Å². The van der Waals surface area contributed by atoms with Gasteiger partial charge >= 0.3 is 0 Å². The first-order valence-electron chi connectivity index (χ1n) is 5.57. The molecule has 2 rings (SSSR count). The topological polar surface area (TPSA) is 80.3 Å². The Morgan fingerprint density at radius 1 is 1.28 bits per heavy atom. The van der Waals surface area contributed by atoms with Gasteiger partial charge in [0.1, 0.15) is 6.29 Å². The van der Waals surface area contributed by atoms with Crippen molar-refractivity contribution >= 4 is 27.7 Å². The molecule has 1 aromatic carbocycles. The number of hydrogen-bond donors (Lipinski definition) is 1. The first-order valence-corrected chi connectivity index (χ1v) is 7.39. The highest BCUT2D eigenvalue weighted by atomic mass is 32.2. The number of sulfone groups is 1. The van der Waals surface area contributed by atoms with E-state index in [0.29, 0.717) is 17.7 Å². The van der Waals surface area contributed by atoms with Gasteiger partial charge in [-0.2, -0.15) is 0 Å². The molecule has 1 N–H and O–H groups in total. The monoisotopic (exact) mass is 267 g/mol. The van der Waals surface area contributed by atoms with Gasteiger partial charge in [-0.15, -0.1) is 0 Å². The average molecular weight is 267 g/mol. The maximum absolute atomic E-state index is 11.8. The van der Waals surface area contributed by atoms with Crippen LogP contribution in [0.25, 0.3) is 0 Å². The molecule has 1 aliphatic heterocycles. The number of carbonyl (C=O) groups excluding carboxylic acids is 2. The Balaban J connectivity index is 2.01. The Labute approximate surface area is 105 Å². The van der Waals surface area contributed by atoms with Crippen LogP contribution in [-0.4, -0.2) is 32.1 Å². The largest absolute Gasteiger partial charge is 0.326 e. The molecule has 0 aliphatic carbocycles. The summed E-state index contributed by atoms with van der Waals surface area (Å²) >= 11 is 0. The summed E-state index contributed by atoms with van der Waals surface area (Å²) in [5.41, 5.74) is 1.09. The van der Waals surface area contributed by atoms with Crippen molar-refractivity contribution in [3.63, 3.8) is 0 Å². The van der Waals surface area contributed by atoms with Gasteiger partial charge in [0.25, 0.3) is 0 Å². The quantitative estimate of drug-likeness (QED) is 0.824. The second-order valence-corrected chi connectivity index (χ2v) is 6.56. The van der Waals surface area contributed by atoms with Crippen molar-refractivity contribution in [1.82, 2.24) is 0 Å². The van der Waals surface area contributed by atoms with E-state index in [2.05, 4.69) is 5.32 Å². The van der Waals surface area contributed by atoms with Crippen molar-refractivity contribution in [2.45, 2.75) is 6.42 Å². The van der Waals surface area contributed by atoms with E-state index in [9.17, 15) is 18.0 Å². The second kappa shape index (κ2) is 4.89. The van der Waals surface area contributed by atoms with Gasteiger partial charge in [-0.05, 0) is 30.7 Å². The van der Waals surface area contributed by atoms with Crippen LogP contribution in [0.15, 0.2) is 24.3 Å². The van der Waals surface area contributed by atoms with Crippen molar-refractivity contribution in [2.24, 2.45) is 5.92 Å². The van der Waals surface area contributed by atoms with Crippen LogP contribution >= 0.6 is 0 Å². The van der Waals surface area contributed by atoms with Crippen LogP contribution in [0.5, 0.6) is 0 Å². The van der Waals surface area contributed by atoms with Gasteiger partial charge in [0.15, 0.2) is 9.84 Å². The molecule has 1 heterocycles. The number of amides is 1. The minimum absolute atomic E-state index is 0.0781. The van der Waals surface area contributed by atoms with Crippen LogP contribution in [0.1, 0.15) is 16.8 Å². The van der Waals surface area contributed by atoms with Gasteiger partial charge in [0, 0.05) is 11.3 Å². The molecule has 5 nitrogen and oxygen atoms in total. The predicted molar refractivity (Wildman–Crippen MR) is 67.2 cm³/mol. The minimum atomic E-state index is -3.05. The normalized spacial score (nSPS) is 21.4. The van der Waals surface area contributed by atoms with Gasteiger partial charge in [-0.3, -0.25) is 9.59 Å². The molecule has 1 aromatic rings. The molecular formula is C12H13NO4S. The molecule has 0 radical (unpaired) electrons. The van der Waals surface area contributed by atoms with Crippen molar-refractivity contribution in [3.8, 4) is 0 Å². The van der Waals surface area contributed by atoms with Crippen LogP contribution in [0.3, 0.4) is 0 Å². The van der Waals surface area contributed by atoms with E-state index in [4.69, 9.17) is 0 Å². The third-order valence-electron chi connectivity index (χ3n) is 2.92. The summed E-state index contributed by atoms with van der Waals surface area (Å²) in [6.45, 7) is 0. The predicted octanol–water partition coefficient (Wildman–Crippen LogP) is 0.872. The zero-order valence-electron chi connectivity index (χ0n) is 9.63. The maximum atomic E-state index is 11.8. The fraction of sp³-hybridized carbons (Fsp3) is 0.333. The Hall–Kier alpha value is -1.69. The zero-order chi connectivity index (χ0) is 13.2. The summed E-state index contributed by atoms with van der Waals surface area (Å²) in [7, 11) is -3.05. The Kier molecular flexibility index (Phi) is 3.47. The highest BCUT2D eigenvalue weighted by molar-refractivity contribution is 7.91. The van der Waals surface area contributed by atoms with E-state index >= 15 is 0 Å². The lowest BCUT2D eigenvalue weighted by Crippen LogP contribution is -2.23. The van der Waals surface area contributed by atoms with Crippen LogP contribution < -0.4 is 5.32 Å². The zero-order valence-corrected chi connectivity index (χ0v) is 10.4. The molecule has 18 heavy (non-hydrogen) atoms. The number of anilines is 1. The third kappa shape index (κ3) is 2.95. The number of benzene rings is 1. The number of hydrogen-bond acceptors (Lipinski definition) is 4. The first kappa shape index (κ1) is 12.8. The van der Waals surface area contributed by atoms with E-state index in [1.54, 1.807) is 24.3 Å². The van der Waals surface area contributed by atoms with Crippen molar-refractivity contribution in [2.75, 3.05) is 16.8 Å². The number of rotatable bonds is 3. The van der Waals surface area contributed by atoms with Crippen molar-refractivity contribution in [1.29, 1.82) is 0 Å². The fourth-order valence-electron chi connectivity index (χ4n) is 1.89. The molecule has 0 bridgehead atoms. The van der Waals surface area contributed by atoms with Crippen molar-refractivity contribution in [3.05, 3.63) is 29.8 Å². The first-order chi connectivity index (χ1) is 8.50. The third-order valence-corrected chi connectivity index (χ3v) is 4.69. The molecule has 6 heteroatoms. The lowest BCUT2D eigenvalue weighted by molar-refractivity contribution is -0.119. The van der Waals surface area contributed by atoms with Crippen LogP contribution in [-0.2, 0) is 14.6 Å². The highest BCUT2D eigenvalue weighted by Crippen LogP contribution is 2.20. The van der Waals surface area contributed by atoms with E-state index in [-0.39, 0.29) is 17.4 Å². The molecule has 0 saturated carbocycles. The van der Waals surface area contributed by atoms with Gasteiger partial charge in [-0.1, -0.05) is 0 Å². The summed E-state index contributed by atoms with van der Waals surface area (Å²) in [5, 5.41) is 2.65. The molecule has 0 spiro atoms. The molecule has 1 amide bonds. The molecular weight excluding hydrogens is 254 g/mol.